The lowest BCUT2D eigenvalue weighted by Gasteiger charge is -2.13. The number of methoxy groups -OCH3 is 1. The van der Waals surface area contributed by atoms with Gasteiger partial charge in [-0.25, -0.2) is 0 Å². The fourth-order valence-corrected chi connectivity index (χ4v) is 2.36. The van der Waals surface area contributed by atoms with Crippen molar-refractivity contribution in [3.05, 3.63) is 52.5 Å². The molecule has 0 aliphatic carbocycles. The summed E-state index contributed by atoms with van der Waals surface area (Å²) in [7, 11) is 1.51. The fourth-order valence-electron chi connectivity index (χ4n) is 2.21. The van der Waals surface area contributed by atoms with E-state index in [9.17, 15) is 9.59 Å². The van der Waals surface area contributed by atoms with Crippen molar-refractivity contribution < 1.29 is 19.1 Å². The van der Waals surface area contributed by atoms with Crippen LogP contribution in [0.3, 0.4) is 0 Å². The summed E-state index contributed by atoms with van der Waals surface area (Å²) in [5.74, 6) is 0.733. The molecule has 0 spiro atoms. The molecule has 25 heavy (non-hydrogen) atoms. The molecule has 0 saturated carbocycles. The smallest absolute Gasteiger partial charge is 0.262 e. The number of rotatable bonds is 7. The van der Waals surface area contributed by atoms with Gasteiger partial charge in [-0.05, 0) is 42.8 Å². The maximum atomic E-state index is 12.1. The second-order valence-electron chi connectivity index (χ2n) is 5.44. The monoisotopic (exact) mass is 361 g/mol. The Labute approximate surface area is 151 Å². The minimum absolute atomic E-state index is 0.0643. The Kier molecular flexibility index (Phi) is 6.42. The van der Waals surface area contributed by atoms with Gasteiger partial charge in [0.15, 0.2) is 12.4 Å². The van der Waals surface area contributed by atoms with Crippen molar-refractivity contribution in [2.75, 3.05) is 19.0 Å². The number of aryl methyl sites for hydroxylation is 1. The van der Waals surface area contributed by atoms with Crippen LogP contribution in [-0.4, -0.2) is 25.4 Å². The molecule has 2 aromatic carbocycles. The standard InChI is InChI=1S/C19H20ClNO4/c1-4-17(22)13-5-7-14(8-6-13)25-11-19(23)21-16-9-12(2)15(20)10-18(16)24-3/h5-10H,4,11H2,1-3H3,(H,21,23). The van der Waals surface area contributed by atoms with Gasteiger partial charge in [0.2, 0.25) is 0 Å². The van der Waals surface area contributed by atoms with Gasteiger partial charge in [-0.15, -0.1) is 0 Å². The van der Waals surface area contributed by atoms with Crippen molar-refractivity contribution in [2.45, 2.75) is 20.3 Å². The van der Waals surface area contributed by atoms with E-state index in [1.807, 2.05) is 13.8 Å². The average Bonchev–Trinajstić information content (AvgIpc) is 2.62. The predicted molar refractivity (Wildman–Crippen MR) is 97.9 cm³/mol. The van der Waals surface area contributed by atoms with Crippen molar-refractivity contribution in [1.29, 1.82) is 0 Å². The van der Waals surface area contributed by atoms with E-state index >= 15 is 0 Å². The lowest BCUT2D eigenvalue weighted by molar-refractivity contribution is -0.118. The highest BCUT2D eigenvalue weighted by Gasteiger charge is 2.11. The molecule has 0 saturated heterocycles. The molecule has 132 valence electrons. The van der Waals surface area contributed by atoms with E-state index in [0.717, 1.165) is 5.56 Å². The van der Waals surface area contributed by atoms with Crippen LogP contribution in [0, 0.1) is 6.92 Å². The van der Waals surface area contributed by atoms with Gasteiger partial charge in [-0.3, -0.25) is 9.59 Å². The van der Waals surface area contributed by atoms with Gasteiger partial charge >= 0.3 is 0 Å². The molecule has 1 amide bonds. The molecule has 2 aromatic rings. The number of benzene rings is 2. The Bertz CT molecular complexity index is 772. The number of amides is 1. The van der Waals surface area contributed by atoms with Crippen LogP contribution in [0.4, 0.5) is 5.69 Å². The molecule has 0 aliphatic rings. The molecule has 0 atom stereocenters. The van der Waals surface area contributed by atoms with Crippen molar-refractivity contribution in [1.82, 2.24) is 0 Å². The molecule has 0 bridgehead atoms. The first-order valence-corrected chi connectivity index (χ1v) is 8.22. The Hall–Kier alpha value is -2.53. The van der Waals surface area contributed by atoms with Crippen molar-refractivity contribution in [3.63, 3.8) is 0 Å². The molecule has 0 radical (unpaired) electrons. The predicted octanol–water partition coefficient (Wildman–Crippen LogP) is 4.27. The molecule has 0 aromatic heterocycles. The quantitative estimate of drug-likeness (QED) is 0.748. The van der Waals surface area contributed by atoms with Crippen LogP contribution in [0.5, 0.6) is 11.5 Å². The maximum Gasteiger partial charge on any atom is 0.262 e. The topological polar surface area (TPSA) is 64.6 Å². The van der Waals surface area contributed by atoms with E-state index in [1.54, 1.807) is 36.4 Å². The van der Waals surface area contributed by atoms with Gasteiger partial charge in [0.25, 0.3) is 5.91 Å². The summed E-state index contributed by atoms with van der Waals surface area (Å²) >= 11 is 6.05. The number of ketones is 1. The Morgan fingerprint density at radius 1 is 1.16 bits per heavy atom. The third-order valence-corrected chi connectivity index (χ3v) is 4.03. The molecule has 2 rings (SSSR count). The molecule has 1 N–H and O–H groups in total. The first-order valence-electron chi connectivity index (χ1n) is 7.84. The van der Waals surface area contributed by atoms with Gasteiger partial charge in [0.1, 0.15) is 11.5 Å². The third-order valence-electron chi connectivity index (χ3n) is 3.62. The summed E-state index contributed by atoms with van der Waals surface area (Å²) in [6, 6.07) is 10.1. The van der Waals surface area contributed by atoms with Crippen molar-refractivity contribution in [2.24, 2.45) is 0 Å². The number of hydrogen-bond donors (Lipinski definition) is 1. The molecule has 0 unspecified atom stereocenters. The zero-order valence-electron chi connectivity index (χ0n) is 14.4. The lowest BCUT2D eigenvalue weighted by Crippen LogP contribution is -2.20. The zero-order chi connectivity index (χ0) is 18.4. The van der Waals surface area contributed by atoms with E-state index in [2.05, 4.69) is 5.32 Å². The normalized spacial score (nSPS) is 10.2. The molecule has 5 nitrogen and oxygen atoms in total. The molecular formula is C19H20ClNO4. The van der Waals surface area contributed by atoms with Crippen LogP contribution >= 0.6 is 11.6 Å². The first-order chi connectivity index (χ1) is 11.9. The fraction of sp³-hybridized carbons (Fsp3) is 0.263. The number of anilines is 1. The summed E-state index contributed by atoms with van der Waals surface area (Å²) in [6.45, 7) is 3.49. The molecule has 0 heterocycles. The minimum Gasteiger partial charge on any atom is -0.495 e. The second-order valence-corrected chi connectivity index (χ2v) is 5.85. The Morgan fingerprint density at radius 3 is 2.44 bits per heavy atom. The van der Waals surface area contributed by atoms with Crippen LogP contribution in [0.15, 0.2) is 36.4 Å². The van der Waals surface area contributed by atoms with Gasteiger partial charge in [-0.1, -0.05) is 18.5 Å². The maximum absolute atomic E-state index is 12.1. The average molecular weight is 362 g/mol. The molecule has 0 fully saturated rings. The van der Waals surface area contributed by atoms with E-state index in [-0.39, 0.29) is 18.3 Å². The summed E-state index contributed by atoms with van der Waals surface area (Å²) in [5.41, 5.74) is 1.98. The Morgan fingerprint density at radius 2 is 1.84 bits per heavy atom. The number of carbonyl (C=O) groups is 2. The van der Waals surface area contributed by atoms with Gasteiger partial charge in [-0.2, -0.15) is 0 Å². The van der Waals surface area contributed by atoms with Crippen LogP contribution in [0.1, 0.15) is 29.3 Å². The van der Waals surface area contributed by atoms with Gasteiger partial charge in [0.05, 0.1) is 12.8 Å². The number of carbonyl (C=O) groups excluding carboxylic acids is 2. The zero-order valence-corrected chi connectivity index (χ0v) is 15.1. The molecular weight excluding hydrogens is 342 g/mol. The van der Waals surface area contributed by atoms with Gasteiger partial charge < -0.3 is 14.8 Å². The lowest BCUT2D eigenvalue weighted by atomic mass is 10.1. The van der Waals surface area contributed by atoms with Crippen molar-refractivity contribution in [3.8, 4) is 11.5 Å². The highest BCUT2D eigenvalue weighted by molar-refractivity contribution is 6.31. The largest absolute Gasteiger partial charge is 0.495 e. The number of hydrogen-bond acceptors (Lipinski definition) is 4. The number of nitrogens with one attached hydrogen (secondary N) is 1. The number of ether oxygens (including phenoxy) is 2. The minimum atomic E-state index is -0.325. The van der Waals surface area contributed by atoms with E-state index in [0.29, 0.717) is 34.2 Å². The SMILES string of the molecule is CCC(=O)c1ccc(OCC(=O)Nc2cc(C)c(Cl)cc2OC)cc1. The van der Waals surface area contributed by atoms with E-state index < -0.39 is 0 Å². The van der Waals surface area contributed by atoms with Crippen molar-refractivity contribution >= 4 is 29.0 Å². The highest BCUT2D eigenvalue weighted by atomic mass is 35.5. The number of halogens is 1. The summed E-state index contributed by atoms with van der Waals surface area (Å²) in [6.07, 6.45) is 0.449. The van der Waals surface area contributed by atoms with Crippen LogP contribution in [-0.2, 0) is 4.79 Å². The van der Waals surface area contributed by atoms with Gasteiger partial charge in [0, 0.05) is 23.1 Å². The molecule has 0 aliphatic heterocycles. The summed E-state index contributed by atoms with van der Waals surface area (Å²) < 4.78 is 10.7. The third kappa shape index (κ3) is 4.97. The Balaban J connectivity index is 1.97. The van der Waals surface area contributed by atoms with Crippen LogP contribution < -0.4 is 14.8 Å². The van der Waals surface area contributed by atoms with Crippen LogP contribution in [0.25, 0.3) is 0 Å². The first kappa shape index (κ1) is 18.8. The van der Waals surface area contributed by atoms with E-state index in [1.165, 1.54) is 7.11 Å². The van der Waals surface area contributed by atoms with Crippen LogP contribution in [0.2, 0.25) is 5.02 Å². The number of Topliss-reactive ketones (excluding diaryl/α,β-unsaturated/α-hetero) is 1. The second kappa shape index (κ2) is 8.53. The summed E-state index contributed by atoms with van der Waals surface area (Å²) in [4.78, 5) is 23.7. The summed E-state index contributed by atoms with van der Waals surface area (Å²) in [5, 5.41) is 3.30. The van der Waals surface area contributed by atoms with E-state index in [4.69, 9.17) is 21.1 Å². The highest BCUT2D eigenvalue weighted by Crippen LogP contribution is 2.30. The molecule has 6 heteroatoms.